The Hall–Kier alpha value is -2.22. The molecule has 3 aliphatic carbocycles. The Morgan fingerprint density at radius 3 is 1.23 bits per heavy atom. The van der Waals surface area contributed by atoms with Crippen molar-refractivity contribution in [1.29, 1.82) is 0 Å². The average molecular weight is 348 g/mol. The number of rotatable bonds is 0. The molecule has 2 fully saturated rings. The number of hydrogen-bond acceptors (Lipinski definition) is 2. The highest BCUT2D eigenvalue weighted by Crippen LogP contribution is 2.67. The third-order valence-electron chi connectivity index (χ3n) is 6.09. The van der Waals surface area contributed by atoms with E-state index in [0.29, 0.717) is 37.2 Å². The summed E-state index contributed by atoms with van der Waals surface area (Å²) in [5.41, 5.74) is 4.24. The first-order valence-corrected chi connectivity index (χ1v) is 9.89. The van der Waals surface area contributed by atoms with Gasteiger partial charge in [0, 0.05) is 36.5 Å². The van der Waals surface area contributed by atoms with Crippen molar-refractivity contribution in [3.8, 4) is 11.1 Å². The lowest BCUT2D eigenvalue weighted by Gasteiger charge is -2.46. The quantitative estimate of drug-likeness (QED) is 0.619. The third kappa shape index (κ3) is 2.24. The van der Waals surface area contributed by atoms with Crippen molar-refractivity contribution in [3.63, 3.8) is 0 Å². The van der Waals surface area contributed by atoms with E-state index in [-0.39, 0.29) is 10.8 Å². The zero-order valence-corrected chi connectivity index (χ0v) is 16.3. The van der Waals surface area contributed by atoms with Gasteiger partial charge in [0.2, 0.25) is 0 Å². The first-order chi connectivity index (χ1) is 12.7. The van der Waals surface area contributed by atoms with Crippen molar-refractivity contribution < 1.29 is 9.59 Å². The molecule has 0 spiro atoms. The van der Waals surface area contributed by atoms with Gasteiger partial charge in [0.05, 0.1) is 0 Å². The van der Waals surface area contributed by atoms with Crippen LogP contribution in [-0.4, -0.2) is 11.6 Å². The lowest BCUT2D eigenvalue weighted by molar-refractivity contribution is -0.120. The molecule has 26 heavy (non-hydrogen) atoms. The van der Waals surface area contributed by atoms with Crippen LogP contribution < -0.4 is 0 Å². The minimum absolute atomic E-state index is 0.299. The zero-order chi connectivity index (χ0) is 18.9. The van der Waals surface area contributed by atoms with Gasteiger partial charge < -0.3 is 0 Å². The molecule has 5 rings (SSSR count). The van der Waals surface area contributed by atoms with Crippen molar-refractivity contribution in [1.82, 2.24) is 0 Å². The van der Waals surface area contributed by atoms with Gasteiger partial charge in [0.25, 0.3) is 0 Å². The fourth-order valence-electron chi connectivity index (χ4n) is 5.44. The van der Waals surface area contributed by atoms with Crippen molar-refractivity contribution >= 4 is 11.6 Å². The molecule has 0 radical (unpaired) electrons. The number of hydrogen-bond donors (Lipinski definition) is 0. The van der Waals surface area contributed by atoms with Gasteiger partial charge in [-0.15, -0.1) is 0 Å². The monoisotopic (exact) mass is 348 g/mol. The Bertz CT molecular complexity index is 759. The minimum Gasteiger partial charge on any atom is -0.300 e. The van der Waals surface area contributed by atoms with Crippen molar-refractivity contribution in [2.24, 2.45) is 0 Å². The summed E-state index contributed by atoms with van der Waals surface area (Å²) in [7, 11) is 0. The molecular formula is C24H28O2. The molecule has 0 N–H and O–H groups in total. The molecule has 2 heteroatoms. The van der Waals surface area contributed by atoms with Crippen LogP contribution in [0.3, 0.4) is 0 Å². The molecule has 2 aromatic rings. The van der Waals surface area contributed by atoms with E-state index in [0.717, 1.165) is 0 Å². The normalized spacial score (nSPS) is 27.1. The second-order valence-electron chi connectivity index (χ2n) is 7.04. The van der Waals surface area contributed by atoms with Crippen LogP contribution in [0.2, 0.25) is 0 Å². The van der Waals surface area contributed by atoms with Crippen molar-refractivity contribution in [3.05, 3.63) is 59.7 Å². The molecule has 0 bridgehead atoms. The van der Waals surface area contributed by atoms with Gasteiger partial charge in [-0.2, -0.15) is 0 Å². The minimum atomic E-state index is -0.299. The molecule has 136 valence electrons. The van der Waals surface area contributed by atoms with Crippen molar-refractivity contribution in [2.45, 2.75) is 64.2 Å². The molecule has 0 aromatic heterocycles. The summed E-state index contributed by atoms with van der Waals surface area (Å²) in [6.45, 7) is 8.00. The maximum absolute atomic E-state index is 12.4. The second kappa shape index (κ2) is 6.83. The highest BCUT2D eigenvalue weighted by molar-refractivity contribution is 5.99. The predicted octanol–water partition coefficient (Wildman–Crippen LogP) is 5.62. The smallest absolute Gasteiger partial charge is 0.134 e. The van der Waals surface area contributed by atoms with Crippen LogP contribution in [0.15, 0.2) is 48.5 Å². The van der Waals surface area contributed by atoms with Gasteiger partial charge in [-0.05, 0) is 22.3 Å². The van der Waals surface area contributed by atoms with Gasteiger partial charge in [-0.3, -0.25) is 9.59 Å². The van der Waals surface area contributed by atoms with Crippen LogP contribution in [0.5, 0.6) is 0 Å². The molecule has 0 saturated heterocycles. The summed E-state index contributed by atoms with van der Waals surface area (Å²) >= 11 is 0. The summed E-state index contributed by atoms with van der Waals surface area (Å²) in [4.78, 5) is 24.9. The molecule has 2 saturated carbocycles. The summed E-state index contributed by atoms with van der Waals surface area (Å²) in [5.74, 6) is 0.609. The Kier molecular flexibility index (Phi) is 4.88. The van der Waals surface area contributed by atoms with Crippen LogP contribution in [0.1, 0.15) is 64.5 Å². The predicted molar refractivity (Wildman–Crippen MR) is 106 cm³/mol. The van der Waals surface area contributed by atoms with E-state index in [1.807, 2.05) is 52.0 Å². The summed E-state index contributed by atoms with van der Waals surface area (Å²) in [5, 5.41) is 0. The topological polar surface area (TPSA) is 34.1 Å². The first kappa shape index (κ1) is 18.6. The lowest BCUT2D eigenvalue weighted by Crippen LogP contribution is -2.43. The molecule has 0 amide bonds. The fraction of sp³-hybridized carbons (Fsp3) is 0.417. The van der Waals surface area contributed by atoms with E-state index in [1.54, 1.807) is 0 Å². The molecular weight excluding hydrogens is 320 g/mol. The maximum Gasteiger partial charge on any atom is 0.134 e. The van der Waals surface area contributed by atoms with E-state index in [2.05, 4.69) is 24.3 Å². The number of ketones is 2. The van der Waals surface area contributed by atoms with Gasteiger partial charge in [0.15, 0.2) is 0 Å². The number of benzene rings is 2. The van der Waals surface area contributed by atoms with E-state index < -0.39 is 0 Å². The summed E-state index contributed by atoms with van der Waals surface area (Å²) < 4.78 is 0. The summed E-state index contributed by atoms with van der Waals surface area (Å²) in [6.07, 6.45) is 2.07. The number of carbonyl (C=O) groups is 2. The zero-order valence-electron chi connectivity index (χ0n) is 16.3. The Balaban J connectivity index is 0.000000461. The maximum atomic E-state index is 12.4. The van der Waals surface area contributed by atoms with Crippen LogP contribution >= 0.6 is 0 Å². The molecule has 2 aromatic carbocycles. The molecule has 2 nitrogen and oxygen atoms in total. The lowest BCUT2D eigenvalue weighted by atomic mass is 9.55. The van der Waals surface area contributed by atoms with Gasteiger partial charge >= 0.3 is 0 Å². The largest absolute Gasteiger partial charge is 0.300 e. The van der Waals surface area contributed by atoms with E-state index >= 15 is 0 Å². The molecule has 0 atom stereocenters. The Morgan fingerprint density at radius 1 is 0.577 bits per heavy atom. The fourth-order valence-corrected chi connectivity index (χ4v) is 5.44. The average Bonchev–Trinajstić information content (AvgIpc) is 3.13. The highest BCUT2D eigenvalue weighted by atomic mass is 16.1. The van der Waals surface area contributed by atoms with E-state index in [4.69, 9.17) is 0 Å². The van der Waals surface area contributed by atoms with E-state index in [1.165, 1.54) is 22.3 Å². The Morgan fingerprint density at radius 2 is 0.885 bits per heavy atom. The van der Waals surface area contributed by atoms with Crippen LogP contribution in [-0.2, 0) is 20.4 Å². The van der Waals surface area contributed by atoms with Crippen molar-refractivity contribution in [2.75, 3.05) is 0 Å². The van der Waals surface area contributed by atoms with Gasteiger partial charge in [0.1, 0.15) is 11.6 Å². The molecule has 3 aliphatic rings. The highest BCUT2D eigenvalue weighted by Gasteiger charge is 2.67. The SMILES string of the molecule is CC.CC.O=C1CC23CC(=O)CC2(C1)c1ccccc1-c1ccccc13. The van der Waals surface area contributed by atoms with Gasteiger partial charge in [-0.25, -0.2) is 0 Å². The van der Waals surface area contributed by atoms with Crippen LogP contribution in [0.4, 0.5) is 0 Å². The number of Topliss-reactive ketones (excluding diaryl/α,β-unsaturated/α-hetero) is 2. The molecule has 0 unspecified atom stereocenters. The van der Waals surface area contributed by atoms with Crippen LogP contribution in [0, 0.1) is 0 Å². The standard InChI is InChI=1S/C20H16O2.2C2H6/c21-13-9-19-10-14(22)12-20(19,11-13)18-8-4-2-6-16(18)15-5-1-3-7-17(15)19;2*1-2/h1-8H,9-12H2;2*1-2H3. The summed E-state index contributed by atoms with van der Waals surface area (Å²) in [6, 6.07) is 16.7. The number of fused-ring (bicyclic) bond motifs is 3. The second-order valence-corrected chi connectivity index (χ2v) is 7.04. The van der Waals surface area contributed by atoms with Gasteiger partial charge in [-0.1, -0.05) is 76.2 Å². The van der Waals surface area contributed by atoms with Crippen LogP contribution in [0.25, 0.3) is 11.1 Å². The molecule has 0 heterocycles. The van der Waals surface area contributed by atoms with E-state index in [9.17, 15) is 9.59 Å². The molecule has 0 aliphatic heterocycles. The Labute approximate surface area is 156 Å². The number of carbonyl (C=O) groups excluding carboxylic acids is 2. The first-order valence-electron chi connectivity index (χ1n) is 9.89. The third-order valence-corrected chi connectivity index (χ3v) is 6.09.